The third-order valence-corrected chi connectivity index (χ3v) is 4.65. The normalized spacial score (nSPS) is 16.2. The van der Waals surface area contributed by atoms with Crippen LogP contribution in [0, 0.1) is 6.92 Å². The Bertz CT molecular complexity index is 734. The van der Waals surface area contributed by atoms with Crippen LogP contribution in [-0.4, -0.2) is 49.2 Å². The molecule has 1 saturated heterocycles. The molecule has 0 amide bonds. The first kappa shape index (κ1) is 19.5. The minimum absolute atomic E-state index is 0.598. The van der Waals surface area contributed by atoms with E-state index >= 15 is 0 Å². The lowest BCUT2D eigenvalue weighted by Crippen LogP contribution is -2.33. The highest BCUT2D eigenvalue weighted by Gasteiger charge is 2.31. The largest absolute Gasteiger partial charge is 0.492 e. The van der Waals surface area contributed by atoms with Crippen LogP contribution in [0.25, 0.3) is 0 Å². The summed E-state index contributed by atoms with van der Waals surface area (Å²) in [6, 6.07) is 10.5. The van der Waals surface area contributed by atoms with Gasteiger partial charge in [-0.1, -0.05) is 12.1 Å². The molecule has 0 bridgehead atoms. The average Bonchev–Trinajstić information content (AvgIpc) is 2.87. The van der Waals surface area contributed by atoms with Crippen molar-refractivity contribution in [3.63, 3.8) is 0 Å². The zero-order valence-corrected chi connectivity index (χ0v) is 15.4. The molecule has 0 atom stereocenters. The molecule has 0 radical (unpaired) electrons. The molecular formula is C20H24F3N3O. The maximum atomic E-state index is 12.7. The summed E-state index contributed by atoms with van der Waals surface area (Å²) in [5.74, 6) is 1.47. The molecule has 7 heteroatoms. The Morgan fingerprint density at radius 1 is 1.07 bits per heavy atom. The fraction of sp³-hybridized carbons (Fsp3) is 0.450. The lowest BCUT2D eigenvalue weighted by Gasteiger charge is -2.23. The van der Waals surface area contributed by atoms with Gasteiger partial charge in [0.2, 0.25) is 0 Å². The Balaban J connectivity index is 1.48. The van der Waals surface area contributed by atoms with Crippen LogP contribution >= 0.6 is 0 Å². The third-order valence-electron chi connectivity index (χ3n) is 4.65. The second-order valence-corrected chi connectivity index (χ2v) is 6.75. The van der Waals surface area contributed by atoms with Gasteiger partial charge >= 0.3 is 6.18 Å². The summed E-state index contributed by atoms with van der Waals surface area (Å²) in [6.45, 7) is 6.76. The molecule has 1 aromatic heterocycles. The van der Waals surface area contributed by atoms with Gasteiger partial charge in [0, 0.05) is 38.9 Å². The summed E-state index contributed by atoms with van der Waals surface area (Å²) in [5.41, 5.74) is 0.456. The van der Waals surface area contributed by atoms with Crippen molar-refractivity contribution < 1.29 is 17.9 Å². The zero-order chi connectivity index (χ0) is 19.3. The van der Waals surface area contributed by atoms with Crippen LogP contribution in [0.5, 0.6) is 5.75 Å². The number of aromatic nitrogens is 1. The van der Waals surface area contributed by atoms with Gasteiger partial charge in [-0.3, -0.25) is 4.90 Å². The van der Waals surface area contributed by atoms with Gasteiger partial charge < -0.3 is 9.64 Å². The van der Waals surface area contributed by atoms with Crippen molar-refractivity contribution in [2.24, 2.45) is 0 Å². The van der Waals surface area contributed by atoms with Gasteiger partial charge in [-0.15, -0.1) is 0 Å². The second kappa shape index (κ2) is 8.61. The van der Waals surface area contributed by atoms with E-state index in [1.807, 2.05) is 36.1 Å². The molecule has 0 spiro atoms. The maximum Gasteiger partial charge on any atom is 0.417 e. The molecule has 0 saturated carbocycles. The highest BCUT2D eigenvalue weighted by Crippen LogP contribution is 2.29. The Morgan fingerprint density at radius 2 is 1.93 bits per heavy atom. The molecule has 0 aliphatic carbocycles. The number of hydrogen-bond acceptors (Lipinski definition) is 4. The van der Waals surface area contributed by atoms with Crippen LogP contribution in [-0.2, 0) is 6.18 Å². The first-order chi connectivity index (χ1) is 12.9. The van der Waals surface area contributed by atoms with E-state index in [0.717, 1.165) is 57.2 Å². The van der Waals surface area contributed by atoms with E-state index in [1.54, 1.807) is 0 Å². The van der Waals surface area contributed by atoms with E-state index in [9.17, 15) is 13.2 Å². The first-order valence-electron chi connectivity index (χ1n) is 9.12. The summed E-state index contributed by atoms with van der Waals surface area (Å²) in [4.78, 5) is 8.37. The lowest BCUT2D eigenvalue weighted by molar-refractivity contribution is -0.137. The van der Waals surface area contributed by atoms with E-state index in [4.69, 9.17) is 4.74 Å². The van der Waals surface area contributed by atoms with Crippen molar-refractivity contribution >= 4 is 5.82 Å². The molecule has 27 heavy (non-hydrogen) atoms. The number of anilines is 1. The number of benzene rings is 1. The van der Waals surface area contributed by atoms with Gasteiger partial charge in [0.05, 0.1) is 5.56 Å². The molecule has 146 valence electrons. The average molecular weight is 379 g/mol. The molecule has 3 rings (SSSR count). The van der Waals surface area contributed by atoms with Crippen LogP contribution in [0.4, 0.5) is 19.0 Å². The van der Waals surface area contributed by atoms with Crippen LogP contribution in [0.1, 0.15) is 17.5 Å². The third kappa shape index (κ3) is 5.60. The zero-order valence-electron chi connectivity index (χ0n) is 15.4. The van der Waals surface area contributed by atoms with Crippen molar-refractivity contribution in [1.29, 1.82) is 0 Å². The van der Waals surface area contributed by atoms with Crippen molar-refractivity contribution in [1.82, 2.24) is 9.88 Å². The summed E-state index contributed by atoms with van der Waals surface area (Å²) in [6.07, 6.45) is -2.50. The number of hydrogen-bond donors (Lipinski definition) is 0. The monoisotopic (exact) mass is 379 g/mol. The van der Waals surface area contributed by atoms with Crippen LogP contribution in [0.15, 0.2) is 42.6 Å². The molecule has 0 unspecified atom stereocenters. The van der Waals surface area contributed by atoms with Crippen molar-refractivity contribution in [3.8, 4) is 5.75 Å². The van der Waals surface area contributed by atoms with E-state index in [-0.39, 0.29) is 0 Å². The Kier molecular flexibility index (Phi) is 6.21. The van der Waals surface area contributed by atoms with Gasteiger partial charge in [0.25, 0.3) is 0 Å². The minimum Gasteiger partial charge on any atom is -0.492 e. The number of halogens is 3. The van der Waals surface area contributed by atoms with Crippen LogP contribution in [0.3, 0.4) is 0 Å². The van der Waals surface area contributed by atoms with E-state index in [0.29, 0.717) is 12.4 Å². The van der Waals surface area contributed by atoms with E-state index in [2.05, 4.69) is 9.88 Å². The van der Waals surface area contributed by atoms with Gasteiger partial charge in [-0.25, -0.2) is 4.98 Å². The Labute approximate surface area is 157 Å². The Hall–Kier alpha value is -2.28. The fourth-order valence-corrected chi connectivity index (χ4v) is 3.16. The molecule has 2 aromatic rings. The summed E-state index contributed by atoms with van der Waals surface area (Å²) < 4.78 is 43.8. The topological polar surface area (TPSA) is 28.6 Å². The number of ether oxygens (including phenoxy) is 1. The number of pyridine rings is 1. The minimum atomic E-state index is -4.35. The molecule has 2 heterocycles. The predicted octanol–water partition coefficient (Wildman–Crippen LogP) is 4.00. The highest BCUT2D eigenvalue weighted by atomic mass is 19.4. The molecular weight excluding hydrogens is 355 g/mol. The van der Waals surface area contributed by atoms with Crippen molar-refractivity contribution in [2.75, 3.05) is 44.2 Å². The van der Waals surface area contributed by atoms with Crippen LogP contribution in [0.2, 0.25) is 0 Å². The van der Waals surface area contributed by atoms with Gasteiger partial charge in [0.1, 0.15) is 18.2 Å². The van der Waals surface area contributed by atoms with E-state index in [1.165, 1.54) is 11.6 Å². The number of nitrogens with zero attached hydrogens (tertiary/aromatic N) is 3. The Morgan fingerprint density at radius 3 is 2.63 bits per heavy atom. The van der Waals surface area contributed by atoms with Crippen molar-refractivity contribution in [2.45, 2.75) is 19.5 Å². The number of aryl methyl sites for hydroxylation is 1. The SMILES string of the molecule is Cc1cccc(OCCN2CCCN(c3ccc(C(F)(F)F)cn3)CC2)c1. The fourth-order valence-electron chi connectivity index (χ4n) is 3.16. The van der Waals surface area contributed by atoms with Gasteiger partial charge in [-0.05, 0) is 43.2 Å². The van der Waals surface area contributed by atoms with Gasteiger partial charge in [0.15, 0.2) is 0 Å². The molecule has 0 N–H and O–H groups in total. The molecule has 1 aromatic carbocycles. The van der Waals surface area contributed by atoms with Gasteiger partial charge in [-0.2, -0.15) is 13.2 Å². The first-order valence-corrected chi connectivity index (χ1v) is 9.12. The molecule has 4 nitrogen and oxygen atoms in total. The smallest absolute Gasteiger partial charge is 0.417 e. The number of rotatable bonds is 5. The standard InChI is InChI=1S/C20H24F3N3O/c1-16-4-2-5-18(14-16)27-13-12-25-8-3-9-26(11-10-25)19-7-6-17(15-24-19)20(21,22)23/h2,4-7,14-15H,3,8-13H2,1H3. The predicted molar refractivity (Wildman–Crippen MR) is 99.2 cm³/mol. The summed E-state index contributed by atoms with van der Waals surface area (Å²) in [7, 11) is 0. The summed E-state index contributed by atoms with van der Waals surface area (Å²) >= 11 is 0. The molecule has 1 aliphatic rings. The molecule has 1 fully saturated rings. The number of alkyl halides is 3. The van der Waals surface area contributed by atoms with Crippen LogP contribution < -0.4 is 9.64 Å². The maximum absolute atomic E-state index is 12.7. The summed E-state index contributed by atoms with van der Waals surface area (Å²) in [5, 5.41) is 0. The van der Waals surface area contributed by atoms with E-state index < -0.39 is 11.7 Å². The second-order valence-electron chi connectivity index (χ2n) is 6.75. The highest BCUT2D eigenvalue weighted by molar-refractivity contribution is 5.40. The lowest BCUT2D eigenvalue weighted by atomic mass is 10.2. The molecule has 1 aliphatic heterocycles. The quantitative estimate of drug-likeness (QED) is 0.785. The van der Waals surface area contributed by atoms with Crippen molar-refractivity contribution in [3.05, 3.63) is 53.7 Å².